The van der Waals surface area contributed by atoms with Gasteiger partial charge in [0.15, 0.2) is 0 Å². The molecule has 20 heavy (non-hydrogen) atoms. The lowest BCUT2D eigenvalue weighted by molar-refractivity contribution is -0.148. The lowest BCUT2D eigenvalue weighted by Crippen LogP contribution is -2.34. The van der Waals surface area contributed by atoms with Gasteiger partial charge in [-0.2, -0.15) is 0 Å². The minimum atomic E-state index is -0.538. The molecule has 1 aromatic rings. The summed E-state index contributed by atoms with van der Waals surface area (Å²) in [6.07, 6.45) is 1.19. The van der Waals surface area contributed by atoms with Gasteiger partial charge in [-0.1, -0.05) is 6.92 Å². The van der Waals surface area contributed by atoms with Crippen molar-refractivity contribution in [1.29, 1.82) is 0 Å². The molecular weight excluding hydrogens is 264 g/mol. The third-order valence-electron chi connectivity index (χ3n) is 3.38. The molecule has 1 aliphatic heterocycles. The predicted molar refractivity (Wildman–Crippen MR) is 70.5 cm³/mol. The van der Waals surface area contributed by atoms with Crippen LogP contribution in [0.25, 0.3) is 0 Å². The number of ether oxygens (including phenoxy) is 2. The van der Waals surface area contributed by atoms with Crippen molar-refractivity contribution in [1.82, 2.24) is 9.55 Å². The number of hydrogen-bond acceptors (Lipinski definition) is 5. The average molecular weight is 282 g/mol. The lowest BCUT2D eigenvalue weighted by atomic mass is 10.2. The summed E-state index contributed by atoms with van der Waals surface area (Å²) < 4.78 is 12.1. The van der Waals surface area contributed by atoms with Crippen LogP contribution in [0.5, 0.6) is 0 Å². The summed E-state index contributed by atoms with van der Waals surface area (Å²) in [5.41, 5.74) is -0.388. The normalized spacial score (nSPS) is 25.6. The number of H-pyrrole nitrogens is 1. The number of esters is 1. The van der Waals surface area contributed by atoms with Crippen LogP contribution >= 0.6 is 0 Å². The number of nitrogens with zero attached hydrogens (tertiary/aromatic N) is 1. The summed E-state index contributed by atoms with van der Waals surface area (Å²) >= 11 is 0. The van der Waals surface area contributed by atoms with Crippen LogP contribution in [-0.2, 0) is 20.7 Å². The third kappa shape index (κ3) is 2.82. The largest absolute Gasteiger partial charge is 0.460 e. The Balaban J connectivity index is 2.27. The molecule has 1 N–H and O–H groups in total. The summed E-state index contributed by atoms with van der Waals surface area (Å²) in [5, 5.41) is 0. The molecule has 0 radical (unpaired) electrons. The lowest BCUT2D eigenvalue weighted by Gasteiger charge is -2.14. The summed E-state index contributed by atoms with van der Waals surface area (Å²) in [6, 6.07) is 0. The van der Waals surface area contributed by atoms with Gasteiger partial charge in [0.05, 0.1) is 6.10 Å². The molecule has 0 bridgehead atoms. The van der Waals surface area contributed by atoms with Gasteiger partial charge in [0.1, 0.15) is 12.3 Å². The summed E-state index contributed by atoms with van der Waals surface area (Å²) in [4.78, 5) is 36.7. The Hall–Kier alpha value is -1.89. The van der Waals surface area contributed by atoms with Gasteiger partial charge in [-0.05, 0) is 13.3 Å². The molecular formula is C13H18N2O5. The van der Waals surface area contributed by atoms with Gasteiger partial charge in [0.2, 0.25) is 0 Å². The molecule has 2 heterocycles. The molecule has 110 valence electrons. The first-order valence-corrected chi connectivity index (χ1v) is 6.59. The molecule has 0 aromatic carbocycles. The summed E-state index contributed by atoms with van der Waals surface area (Å²) in [6.45, 7) is 4.95. The predicted octanol–water partition coefficient (Wildman–Crippen LogP) is 0.338. The molecule has 0 saturated carbocycles. The van der Waals surface area contributed by atoms with Gasteiger partial charge in [-0.25, -0.2) is 4.79 Å². The minimum Gasteiger partial charge on any atom is -0.460 e. The quantitative estimate of drug-likeness (QED) is 0.807. The number of carbonyl (C=O) groups excluding carboxylic acids is 1. The molecule has 1 fully saturated rings. The van der Waals surface area contributed by atoms with E-state index in [4.69, 9.17) is 9.47 Å². The zero-order valence-corrected chi connectivity index (χ0v) is 11.7. The zero-order valence-electron chi connectivity index (χ0n) is 11.7. The molecule has 3 atom stereocenters. The Kier molecular flexibility index (Phi) is 4.08. The number of nitrogens with one attached hydrogen (secondary N) is 1. The number of aromatic nitrogens is 2. The van der Waals surface area contributed by atoms with Crippen LogP contribution in [0.15, 0.2) is 15.8 Å². The van der Waals surface area contributed by atoms with E-state index in [0.29, 0.717) is 18.4 Å². The van der Waals surface area contributed by atoms with Crippen LogP contribution in [0.4, 0.5) is 0 Å². The number of aromatic amines is 1. The topological polar surface area (TPSA) is 90.4 Å². The molecule has 0 spiro atoms. The van der Waals surface area contributed by atoms with Gasteiger partial charge in [-0.15, -0.1) is 0 Å². The van der Waals surface area contributed by atoms with Crippen molar-refractivity contribution in [2.75, 3.05) is 0 Å². The van der Waals surface area contributed by atoms with Crippen LogP contribution in [0, 0.1) is 0 Å². The Bertz CT molecular complexity index is 618. The number of aryl methyl sites for hydroxylation is 1. The van der Waals surface area contributed by atoms with Crippen molar-refractivity contribution in [3.05, 3.63) is 32.6 Å². The van der Waals surface area contributed by atoms with Gasteiger partial charge >= 0.3 is 11.7 Å². The van der Waals surface area contributed by atoms with Gasteiger partial charge in [-0.3, -0.25) is 19.1 Å². The van der Waals surface area contributed by atoms with E-state index in [0.717, 1.165) is 0 Å². The third-order valence-corrected chi connectivity index (χ3v) is 3.38. The Morgan fingerprint density at radius 1 is 1.55 bits per heavy atom. The minimum absolute atomic E-state index is 0.298. The van der Waals surface area contributed by atoms with Crippen LogP contribution in [0.2, 0.25) is 0 Å². The van der Waals surface area contributed by atoms with Gasteiger partial charge < -0.3 is 9.47 Å². The van der Waals surface area contributed by atoms with E-state index in [1.165, 1.54) is 17.7 Å². The van der Waals surface area contributed by atoms with E-state index in [-0.39, 0.29) is 23.7 Å². The molecule has 0 amide bonds. The van der Waals surface area contributed by atoms with E-state index in [1.807, 2.05) is 6.92 Å². The van der Waals surface area contributed by atoms with E-state index in [1.54, 1.807) is 6.92 Å². The second-order valence-electron chi connectivity index (χ2n) is 4.85. The number of hydrogen-bond donors (Lipinski definition) is 1. The van der Waals surface area contributed by atoms with E-state index in [9.17, 15) is 14.4 Å². The molecule has 0 aliphatic carbocycles. The van der Waals surface area contributed by atoms with Crippen molar-refractivity contribution in [2.45, 2.75) is 52.0 Å². The molecule has 7 nitrogen and oxygen atoms in total. The summed E-state index contributed by atoms with van der Waals surface area (Å²) in [7, 11) is 0. The van der Waals surface area contributed by atoms with Crippen molar-refractivity contribution in [3.63, 3.8) is 0 Å². The maximum Gasteiger partial charge on any atom is 0.330 e. The maximum absolute atomic E-state index is 11.9. The molecule has 7 heteroatoms. The second-order valence-corrected chi connectivity index (χ2v) is 4.85. The fourth-order valence-corrected chi connectivity index (χ4v) is 2.31. The molecule has 1 aliphatic rings. The summed E-state index contributed by atoms with van der Waals surface area (Å²) in [5.74, 6) is -0.380. The Labute approximate surface area is 115 Å². The van der Waals surface area contributed by atoms with Crippen LogP contribution in [-0.4, -0.2) is 27.7 Å². The molecule has 1 saturated heterocycles. The van der Waals surface area contributed by atoms with Crippen LogP contribution in [0.1, 0.15) is 39.0 Å². The zero-order chi connectivity index (χ0) is 14.9. The van der Waals surface area contributed by atoms with E-state index >= 15 is 0 Å². The molecule has 1 aromatic heterocycles. The first-order valence-electron chi connectivity index (χ1n) is 6.59. The monoisotopic (exact) mass is 282 g/mol. The highest BCUT2D eigenvalue weighted by atomic mass is 16.6. The fourth-order valence-electron chi connectivity index (χ4n) is 2.31. The van der Waals surface area contributed by atoms with Crippen LogP contribution < -0.4 is 11.2 Å². The molecule has 0 unspecified atom stereocenters. The van der Waals surface area contributed by atoms with E-state index < -0.39 is 11.9 Å². The van der Waals surface area contributed by atoms with Crippen molar-refractivity contribution < 1.29 is 14.3 Å². The van der Waals surface area contributed by atoms with E-state index in [2.05, 4.69) is 4.98 Å². The highest BCUT2D eigenvalue weighted by Crippen LogP contribution is 2.29. The van der Waals surface area contributed by atoms with Crippen LogP contribution in [0.3, 0.4) is 0 Å². The average Bonchev–Trinajstić information content (AvgIpc) is 2.70. The highest BCUT2D eigenvalue weighted by Gasteiger charge is 2.36. The smallest absolute Gasteiger partial charge is 0.330 e. The van der Waals surface area contributed by atoms with Gasteiger partial charge in [0.25, 0.3) is 5.56 Å². The molecule has 2 rings (SSSR count). The van der Waals surface area contributed by atoms with Gasteiger partial charge in [0, 0.05) is 25.1 Å². The number of rotatable bonds is 3. The highest BCUT2D eigenvalue weighted by molar-refractivity contribution is 5.66. The first kappa shape index (κ1) is 14.5. The SMILES string of the molecule is CCc1cn([C@H]2C[C@H](OC(C)=O)[C@@H](C)O2)c(=O)[nH]c1=O. The van der Waals surface area contributed by atoms with Crippen molar-refractivity contribution >= 4 is 5.97 Å². The Morgan fingerprint density at radius 3 is 2.85 bits per heavy atom. The second kappa shape index (κ2) is 5.62. The first-order chi connectivity index (χ1) is 9.42. The number of carbonyl (C=O) groups is 1. The maximum atomic E-state index is 11.9. The standard InChI is InChI=1S/C13H18N2O5/c1-4-9-6-15(13(18)14-12(9)17)11-5-10(7(2)19-11)20-8(3)16/h6-7,10-11H,4-5H2,1-3H3,(H,14,17,18)/t7-,10+,11-/m1/s1. The van der Waals surface area contributed by atoms with Crippen molar-refractivity contribution in [3.8, 4) is 0 Å². The van der Waals surface area contributed by atoms with Crippen molar-refractivity contribution in [2.24, 2.45) is 0 Å². The fraction of sp³-hybridized carbons (Fsp3) is 0.615. The Morgan fingerprint density at radius 2 is 2.25 bits per heavy atom.